The van der Waals surface area contributed by atoms with Gasteiger partial charge in [0.2, 0.25) is 60.7 Å². The number of aliphatic carboxylic acids is 3. The van der Waals surface area contributed by atoms with Crippen LogP contribution in [-0.4, -0.2) is 184 Å². The lowest BCUT2D eigenvalue weighted by molar-refractivity contribution is -0.140. The predicted octanol–water partition coefficient (Wildman–Crippen LogP) is -0.0603. The van der Waals surface area contributed by atoms with Gasteiger partial charge in [-0.05, 0) is 61.3 Å². The maximum Gasteiger partial charge on any atom is 0.305 e. The smallest absolute Gasteiger partial charge is 0.305 e. The van der Waals surface area contributed by atoms with E-state index in [1.807, 2.05) is 0 Å². The van der Waals surface area contributed by atoms with Gasteiger partial charge < -0.3 is 68.7 Å². The summed E-state index contributed by atoms with van der Waals surface area (Å²) in [6, 6.07) is -3.81. The number of amides is 9. The van der Waals surface area contributed by atoms with Gasteiger partial charge in [0.25, 0.3) is 20.2 Å². The van der Waals surface area contributed by atoms with Crippen LogP contribution in [-0.2, 0) is 110 Å². The highest BCUT2D eigenvalue weighted by Gasteiger charge is 2.37. The molecule has 0 fully saturated rings. The number of carboxylic acid groups (broad SMARTS) is 3. The molecule has 0 saturated heterocycles. The van der Waals surface area contributed by atoms with Crippen LogP contribution >= 0.6 is 69.6 Å². The molecule has 31 nitrogen and oxygen atoms in total. The van der Waals surface area contributed by atoms with E-state index < -0.39 is 229 Å². The molecule has 0 unspecified atom stereocenters. The molecule has 2 rings (SSSR count). The minimum absolute atomic E-state index is 0.0751. The summed E-state index contributed by atoms with van der Waals surface area (Å²) in [6.07, 6.45) is -7.16. The van der Waals surface area contributed by atoms with E-state index in [2.05, 4.69) is 42.5 Å². The topological polar surface area (TPSA) is 495 Å². The number of nitrogens with one attached hydrogen (secondary N) is 8. The maximum atomic E-state index is 14.7. The summed E-state index contributed by atoms with van der Waals surface area (Å²) in [5, 5.41) is 57.8. The van der Waals surface area contributed by atoms with E-state index in [-0.39, 0.29) is 28.7 Å². The van der Waals surface area contributed by atoms with Crippen molar-refractivity contribution < 1.29 is 103 Å². The van der Waals surface area contributed by atoms with Gasteiger partial charge in [0.05, 0.1) is 12.5 Å². The number of rotatable bonds is 39. The summed E-state index contributed by atoms with van der Waals surface area (Å²) in [4.78, 5) is 158. The lowest BCUT2D eigenvalue weighted by atomic mass is 9.99. The van der Waals surface area contributed by atoms with Crippen LogP contribution in [0.4, 0.5) is 0 Å². The Labute approximate surface area is 558 Å². The Morgan fingerprint density at radius 3 is 1.15 bits per heavy atom. The molecule has 92 heavy (non-hydrogen) atoms. The number of hydrogen-bond donors (Lipinski definition) is 13. The van der Waals surface area contributed by atoms with Crippen LogP contribution in [0.1, 0.15) is 95.4 Å². The van der Waals surface area contributed by atoms with E-state index in [4.69, 9.17) is 83.7 Å². The zero-order chi connectivity index (χ0) is 70.2. The van der Waals surface area contributed by atoms with Crippen molar-refractivity contribution in [1.82, 2.24) is 42.5 Å². The average Bonchev–Trinajstić information content (AvgIpc) is 1.17. The second kappa shape index (κ2) is 37.5. The zero-order valence-corrected chi connectivity index (χ0v) is 55.8. The number of aliphatic hydroxyl groups is 1. The third kappa shape index (κ3) is 32.9. The second-order valence-electron chi connectivity index (χ2n) is 21.2. The number of hydrogen-bond acceptors (Lipinski definition) is 19. The summed E-state index contributed by atoms with van der Waals surface area (Å²) in [6.45, 7) is 4.97. The van der Waals surface area contributed by atoms with E-state index in [9.17, 15) is 94.8 Å². The monoisotopic (exact) mass is 1460 g/mol. The van der Waals surface area contributed by atoms with Gasteiger partial charge in [0, 0.05) is 32.6 Å². The van der Waals surface area contributed by atoms with Crippen molar-refractivity contribution in [3.8, 4) is 0 Å². The molecule has 514 valence electrons. The Balaban J connectivity index is 2.82. The van der Waals surface area contributed by atoms with Crippen LogP contribution in [0.2, 0.25) is 0 Å². The molecule has 9 atom stereocenters. The first-order valence-corrected chi connectivity index (χ1v) is 32.8. The number of primary amides is 1. The van der Waals surface area contributed by atoms with Gasteiger partial charge in [0.1, 0.15) is 73.1 Å². The van der Waals surface area contributed by atoms with Gasteiger partial charge in [-0.1, -0.05) is 132 Å². The third-order valence-corrected chi connectivity index (χ3v) is 15.5. The number of carboxylic acids is 3. The number of carbonyl (C=O) groups excluding carboxylic acids is 9. The molecule has 0 saturated carbocycles. The highest BCUT2D eigenvalue weighted by Crippen LogP contribution is 2.28. The molecule has 14 N–H and O–H groups in total. The van der Waals surface area contributed by atoms with Crippen LogP contribution in [0.5, 0.6) is 0 Å². The Morgan fingerprint density at radius 1 is 0.478 bits per heavy atom. The van der Waals surface area contributed by atoms with Crippen molar-refractivity contribution >= 4 is 161 Å². The molecule has 0 heterocycles. The molecule has 0 aliphatic rings. The summed E-state index contributed by atoms with van der Waals surface area (Å²) in [5.41, 5.74) is 5.82. The van der Waals surface area contributed by atoms with Crippen LogP contribution in [0.3, 0.4) is 0 Å². The van der Waals surface area contributed by atoms with E-state index in [1.54, 1.807) is 13.8 Å². The van der Waals surface area contributed by atoms with Crippen molar-refractivity contribution in [2.75, 3.05) is 13.2 Å². The molecule has 2 aromatic rings. The van der Waals surface area contributed by atoms with Gasteiger partial charge in [-0.3, -0.25) is 65.9 Å². The summed E-state index contributed by atoms with van der Waals surface area (Å²) < 4.78 is 56.1. The van der Waals surface area contributed by atoms with Crippen molar-refractivity contribution in [3.63, 3.8) is 0 Å². The molecule has 0 radical (unpaired) electrons. The van der Waals surface area contributed by atoms with E-state index in [0.717, 1.165) is 13.8 Å². The number of nitrogens with two attached hydrogens (primary N) is 1. The van der Waals surface area contributed by atoms with Crippen molar-refractivity contribution in [2.45, 2.75) is 160 Å². The lowest BCUT2D eigenvalue weighted by Crippen LogP contribution is -2.61. The molecule has 0 aliphatic heterocycles. The SMILES string of the molecule is CC(=O)N[C@@H](C)C(=O)N[C@H](C(=O)N[C@@H](CCC(=O)O)C(=O)N[C@@H](Cc1ccc(CS(=O)(=O)OCC(Cl)(Cl)Cl)cc1)C(=O)N[C@@H](CCC(=O)O)C(=O)N[C@@H](Cc1ccc(CS(=O)(=O)OCC(Cl)(Cl)Cl)cc1)C(=O)N[C@@H](CC(C)C)C(=O)N[C@@H](CC(=O)O)C(N)=O)[C@@H](C)O. The first-order chi connectivity index (χ1) is 42.3. The number of carbonyl (C=O) groups is 12. The molecule has 0 spiro atoms. The molecular formula is C53H71Cl6N9O22S2. The van der Waals surface area contributed by atoms with E-state index in [0.29, 0.717) is 0 Å². The van der Waals surface area contributed by atoms with Gasteiger partial charge in [-0.2, -0.15) is 16.8 Å². The summed E-state index contributed by atoms with van der Waals surface area (Å²) in [7, 11) is -8.76. The quantitative estimate of drug-likeness (QED) is 0.0308. The normalized spacial score (nSPS) is 14.8. The van der Waals surface area contributed by atoms with E-state index >= 15 is 0 Å². The number of aliphatic hydroxyl groups excluding tert-OH is 1. The van der Waals surface area contributed by atoms with Crippen molar-refractivity contribution in [1.29, 1.82) is 0 Å². The van der Waals surface area contributed by atoms with Crippen LogP contribution < -0.4 is 48.3 Å². The first kappa shape index (κ1) is 81.7. The van der Waals surface area contributed by atoms with Crippen LogP contribution in [0.25, 0.3) is 0 Å². The molecule has 0 aromatic heterocycles. The van der Waals surface area contributed by atoms with Gasteiger partial charge in [-0.15, -0.1) is 0 Å². The molecular weight excluding hydrogens is 1390 g/mol. The molecule has 39 heteroatoms. The Hall–Kier alpha value is -6.40. The zero-order valence-electron chi connectivity index (χ0n) is 49.7. The highest BCUT2D eigenvalue weighted by atomic mass is 35.6. The molecule has 2 aromatic carbocycles. The number of benzene rings is 2. The fraction of sp³-hybridized carbons (Fsp3) is 0.547. The summed E-state index contributed by atoms with van der Waals surface area (Å²) in [5.74, 6) is -16.8. The molecule has 0 aliphatic carbocycles. The minimum atomic E-state index is -4.39. The Kier molecular flexibility index (Phi) is 33.3. The standard InChI is InChI=1S/C53H71Cl6N9O22S2/c1-26(2)18-37(48(81)64-36(44(60)77)21-42(75)76)65-50(83)39(20-31-8-12-33(13-9-31)23-92(87,88)90-25-53(57,58)59)67-46(79)34(14-16-40(71)72)62-49(82)38(19-30-6-10-32(11-7-30)22-91(85,86)89-24-52(54,55)56)66-47(80)35(15-17-41(73)74)63-51(84)43(28(4)69)68-45(78)27(3)61-29(5)70/h6-13,26-28,34-39,43,69H,14-25H2,1-5H3,(H2,60,77)(H,61,70)(H,62,82)(H,63,84)(H,64,81)(H,65,83)(H,66,80)(H,67,79)(H,68,78)(H,71,72)(H,73,74)(H,75,76)/t27-,28+,34-,35-,36-,37-,38-,39-,43-/m0/s1. The number of halogens is 6. The van der Waals surface area contributed by atoms with Crippen molar-refractivity contribution in [2.24, 2.45) is 11.7 Å². The molecule has 0 bridgehead atoms. The lowest BCUT2D eigenvalue weighted by Gasteiger charge is -2.28. The van der Waals surface area contributed by atoms with Crippen molar-refractivity contribution in [3.05, 3.63) is 70.8 Å². The minimum Gasteiger partial charge on any atom is -0.481 e. The fourth-order valence-electron chi connectivity index (χ4n) is 8.09. The Bertz CT molecular complexity index is 3190. The second-order valence-corrected chi connectivity index (χ2v) is 29.5. The predicted molar refractivity (Wildman–Crippen MR) is 331 cm³/mol. The van der Waals surface area contributed by atoms with Gasteiger partial charge in [-0.25, -0.2) is 0 Å². The van der Waals surface area contributed by atoms with Crippen LogP contribution in [0.15, 0.2) is 48.5 Å². The molecule has 9 amide bonds. The maximum absolute atomic E-state index is 14.7. The fourth-order valence-corrected chi connectivity index (χ4v) is 10.9. The largest absolute Gasteiger partial charge is 0.481 e. The highest BCUT2D eigenvalue weighted by molar-refractivity contribution is 7.86. The van der Waals surface area contributed by atoms with E-state index in [1.165, 1.54) is 55.5 Å². The van der Waals surface area contributed by atoms with Gasteiger partial charge >= 0.3 is 17.9 Å². The number of alkyl halides is 6. The van der Waals surface area contributed by atoms with Crippen LogP contribution in [0, 0.1) is 5.92 Å². The first-order valence-electron chi connectivity index (χ1n) is 27.4. The Morgan fingerprint density at radius 2 is 0.815 bits per heavy atom. The summed E-state index contributed by atoms with van der Waals surface area (Å²) >= 11 is 33.8. The van der Waals surface area contributed by atoms with Gasteiger partial charge in [0.15, 0.2) is 0 Å². The average molecular weight is 1460 g/mol. The third-order valence-electron chi connectivity index (χ3n) is 12.5.